The van der Waals surface area contributed by atoms with Crippen LogP contribution in [0.25, 0.3) is 0 Å². The van der Waals surface area contributed by atoms with Gasteiger partial charge in [-0.3, -0.25) is 0 Å². The van der Waals surface area contributed by atoms with Gasteiger partial charge in [0, 0.05) is 0 Å². The van der Waals surface area contributed by atoms with Gasteiger partial charge in [-0.15, -0.1) is 0 Å². The second-order valence-electron chi connectivity index (χ2n) is 8.67. The van der Waals surface area contributed by atoms with Crippen molar-refractivity contribution >= 4 is 0 Å². The van der Waals surface area contributed by atoms with E-state index in [2.05, 4.69) is 48.5 Å². The number of ether oxygens (including phenoxy) is 1. The molecular formula is C16H34O2. The summed E-state index contributed by atoms with van der Waals surface area (Å²) in [7, 11) is 0. The quantitative estimate of drug-likeness (QED) is 0.757. The van der Waals surface area contributed by atoms with E-state index < -0.39 is 5.60 Å². The van der Waals surface area contributed by atoms with Crippen LogP contribution in [0.15, 0.2) is 0 Å². The zero-order valence-corrected chi connectivity index (χ0v) is 14.0. The highest BCUT2D eigenvalue weighted by Crippen LogP contribution is 2.34. The van der Waals surface area contributed by atoms with E-state index in [1.54, 1.807) is 0 Å². The third kappa shape index (κ3) is 9.90. The van der Waals surface area contributed by atoms with Crippen molar-refractivity contribution in [1.29, 1.82) is 0 Å². The van der Waals surface area contributed by atoms with Gasteiger partial charge < -0.3 is 9.84 Å². The van der Waals surface area contributed by atoms with E-state index in [0.29, 0.717) is 0 Å². The molecule has 0 unspecified atom stereocenters. The summed E-state index contributed by atoms with van der Waals surface area (Å²) in [5, 5.41) is 9.81. The van der Waals surface area contributed by atoms with Gasteiger partial charge in [0.05, 0.1) is 16.8 Å². The average Bonchev–Trinajstić information content (AvgIpc) is 1.91. The van der Waals surface area contributed by atoms with Crippen LogP contribution in [0.4, 0.5) is 0 Å². The molecule has 0 aromatic rings. The normalized spacial score (nSPS) is 15.0. The van der Waals surface area contributed by atoms with E-state index in [1.165, 1.54) is 0 Å². The first-order valence-electron chi connectivity index (χ1n) is 7.05. The molecule has 18 heavy (non-hydrogen) atoms. The van der Waals surface area contributed by atoms with Crippen LogP contribution in [0.2, 0.25) is 0 Å². The van der Waals surface area contributed by atoms with Gasteiger partial charge in [0.1, 0.15) is 0 Å². The fourth-order valence-corrected chi connectivity index (χ4v) is 2.72. The second kappa shape index (κ2) is 5.50. The van der Waals surface area contributed by atoms with E-state index in [-0.39, 0.29) is 16.6 Å². The highest BCUT2D eigenvalue weighted by molar-refractivity contribution is 4.83. The molecule has 0 aromatic heterocycles. The molecule has 0 heterocycles. The monoisotopic (exact) mass is 258 g/mol. The van der Waals surface area contributed by atoms with Crippen LogP contribution in [-0.2, 0) is 4.74 Å². The zero-order valence-electron chi connectivity index (χ0n) is 14.0. The number of hydrogen-bond donors (Lipinski definition) is 1. The highest BCUT2D eigenvalue weighted by Gasteiger charge is 2.33. The number of rotatable bonds is 6. The Hall–Kier alpha value is -0.0800. The van der Waals surface area contributed by atoms with Gasteiger partial charge in [-0.25, -0.2) is 0 Å². The molecule has 0 atom stereocenters. The first-order valence-corrected chi connectivity index (χ1v) is 7.05. The molecule has 1 N–H and O–H groups in total. The molecule has 0 aromatic carbocycles. The molecule has 0 rings (SSSR count). The first-order chi connectivity index (χ1) is 7.62. The molecule has 110 valence electrons. The maximum Gasteiger partial charge on any atom is 0.0638 e. The molecule has 0 aliphatic carbocycles. The Morgan fingerprint density at radius 2 is 1.17 bits per heavy atom. The molecule has 0 spiro atoms. The van der Waals surface area contributed by atoms with Crippen molar-refractivity contribution in [3.8, 4) is 0 Å². The molecule has 0 fully saturated rings. The third-order valence-corrected chi connectivity index (χ3v) is 2.85. The number of hydrogen-bond acceptors (Lipinski definition) is 2. The largest absolute Gasteiger partial charge is 0.390 e. The third-order valence-electron chi connectivity index (χ3n) is 2.85. The summed E-state index contributed by atoms with van der Waals surface area (Å²) >= 11 is 0. The van der Waals surface area contributed by atoms with Crippen molar-refractivity contribution in [2.45, 2.75) is 98.4 Å². The Labute approximate surface area is 114 Å². The van der Waals surface area contributed by atoms with Gasteiger partial charge in [-0.2, -0.15) is 0 Å². The van der Waals surface area contributed by atoms with Crippen LogP contribution in [0, 0.1) is 5.41 Å². The Bertz CT molecular complexity index is 251. The van der Waals surface area contributed by atoms with E-state index in [1.807, 2.05) is 13.8 Å². The predicted molar refractivity (Wildman–Crippen MR) is 78.8 cm³/mol. The van der Waals surface area contributed by atoms with Gasteiger partial charge in [0.2, 0.25) is 0 Å². The van der Waals surface area contributed by atoms with Crippen LogP contribution >= 0.6 is 0 Å². The molecule has 0 radical (unpaired) electrons. The molecule has 0 saturated heterocycles. The summed E-state index contributed by atoms with van der Waals surface area (Å²) in [5.74, 6) is 0. The highest BCUT2D eigenvalue weighted by atomic mass is 16.5. The minimum Gasteiger partial charge on any atom is -0.390 e. The Morgan fingerprint density at radius 3 is 1.50 bits per heavy atom. The van der Waals surface area contributed by atoms with Crippen LogP contribution < -0.4 is 0 Å². The fraction of sp³-hybridized carbons (Fsp3) is 1.00. The lowest BCUT2D eigenvalue weighted by Crippen LogP contribution is -2.40. The minimum atomic E-state index is -0.616. The molecule has 0 aliphatic rings. The van der Waals surface area contributed by atoms with Gasteiger partial charge in [0.15, 0.2) is 0 Å². The van der Waals surface area contributed by atoms with E-state index in [0.717, 1.165) is 19.3 Å². The smallest absolute Gasteiger partial charge is 0.0638 e. The average molecular weight is 258 g/mol. The minimum absolute atomic E-state index is 0.138. The van der Waals surface area contributed by atoms with Crippen molar-refractivity contribution < 1.29 is 9.84 Å². The Morgan fingerprint density at radius 1 is 0.722 bits per heavy atom. The second-order valence-corrected chi connectivity index (χ2v) is 8.67. The molecule has 2 heteroatoms. The maximum atomic E-state index is 9.81. The van der Waals surface area contributed by atoms with Crippen LogP contribution in [0.1, 0.15) is 81.6 Å². The van der Waals surface area contributed by atoms with Gasteiger partial charge >= 0.3 is 0 Å². The lowest BCUT2D eigenvalue weighted by atomic mass is 9.83. The lowest BCUT2D eigenvalue weighted by molar-refractivity contribution is -0.144. The molecule has 0 bridgehead atoms. The van der Waals surface area contributed by atoms with Gasteiger partial charge in [0.25, 0.3) is 0 Å². The van der Waals surface area contributed by atoms with Crippen molar-refractivity contribution in [2.75, 3.05) is 0 Å². The molecular weight excluding hydrogens is 224 g/mol. The SMILES string of the molecule is CC(C)(C)CC(C)(C)OC(C)(C)CCC(C)(C)O. The Kier molecular flexibility index (Phi) is 5.48. The van der Waals surface area contributed by atoms with E-state index in [4.69, 9.17) is 4.74 Å². The topological polar surface area (TPSA) is 29.5 Å². The summed E-state index contributed by atoms with van der Waals surface area (Å²) in [6.45, 7) is 19.0. The zero-order chi connectivity index (χ0) is 14.8. The standard InChI is InChI=1S/C16H34O2/c1-13(2,3)12-16(8,9)18-15(6,7)11-10-14(4,5)17/h17H,10-12H2,1-9H3. The van der Waals surface area contributed by atoms with Crippen molar-refractivity contribution in [2.24, 2.45) is 5.41 Å². The van der Waals surface area contributed by atoms with Gasteiger partial charge in [-0.05, 0) is 66.2 Å². The van der Waals surface area contributed by atoms with Crippen molar-refractivity contribution in [3.05, 3.63) is 0 Å². The first kappa shape index (κ1) is 17.9. The molecule has 2 nitrogen and oxygen atoms in total. The molecule has 0 aliphatic heterocycles. The van der Waals surface area contributed by atoms with Crippen molar-refractivity contribution in [1.82, 2.24) is 0 Å². The molecule has 0 amide bonds. The predicted octanol–water partition coefficient (Wildman–Crippen LogP) is 4.55. The summed E-state index contributed by atoms with van der Waals surface area (Å²) < 4.78 is 6.29. The summed E-state index contributed by atoms with van der Waals surface area (Å²) in [6, 6.07) is 0. The van der Waals surface area contributed by atoms with Crippen LogP contribution in [0.3, 0.4) is 0 Å². The fourth-order valence-electron chi connectivity index (χ4n) is 2.72. The number of aliphatic hydroxyl groups is 1. The maximum absolute atomic E-state index is 9.81. The summed E-state index contributed by atoms with van der Waals surface area (Å²) in [5.41, 5.74) is -0.694. The van der Waals surface area contributed by atoms with Crippen LogP contribution in [-0.4, -0.2) is 21.9 Å². The van der Waals surface area contributed by atoms with Crippen molar-refractivity contribution in [3.63, 3.8) is 0 Å². The summed E-state index contributed by atoms with van der Waals surface area (Å²) in [4.78, 5) is 0. The van der Waals surface area contributed by atoms with Crippen LogP contribution in [0.5, 0.6) is 0 Å². The van der Waals surface area contributed by atoms with Gasteiger partial charge in [-0.1, -0.05) is 20.8 Å². The molecule has 0 saturated carbocycles. The summed E-state index contributed by atoms with van der Waals surface area (Å²) in [6.07, 6.45) is 2.64. The van der Waals surface area contributed by atoms with E-state index >= 15 is 0 Å². The lowest BCUT2D eigenvalue weighted by Gasteiger charge is -2.40. The van der Waals surface area contributed by atoms with E-state index in [9.17, 15) is 5.11 Å². The Balaban J connectivity index is 4.47.